The number of anilines is 1. The lowest BCUT2D eigenvalue weighted by molar-refractivity contribution is -0.384. The van der Waals surface area contributed by atoms with E-state index in [0.29, 0.717) is 23.0 Å². The summed E-state index contributed by atoms with van der Waals surface area (Å²) in [6.07, 6.45) is 0. The second-order valence-corrected chi connectivity index (χ2v) is 5.01. The van der Waals surface area contributed by atoms with Crippen LogP contribution in [0.1, 0.15) is 11.1 Å². The van der Waals surface area contributed by atoms with Crippen LogP contribution in [0.4, 0.5) is 11.4 Å². The molecule has 6 heteroatoms. The van der Waals surface area contributed by atoms with Gasteiger partial charge in [-0.05, 0) is 36.2 Å². The van der Waals surface area contributed by atoms with Crippen molar-refractivity contribution in [2.24, 2.45) is 0 Å². The van der Waals surface area contributed by atoms with E-state index in [2.05, 4.69) is 5.32 Å². The van der Waals surface area contributed by atoms with E-state index < -0.39 is 4.92 Å². The SMILES string of the molecule is COc1ccc(CNc2cc(C)ccc2[N+](=O)[O-])cc1Cl. The molecule has 0 bridgehead atoms. The Bertz CT molecular complexity index is 674. The molecule has 21 heavy (non-hydrogen) atoms. The van der Waals surface area contributed by atoms with Crippen molar-refractivity contribution in [3.05, 3.63) is 62.7 Å². The molecule has 0 saturated carbocycles. The van der Waals surface area contributed by atoms with E-state index in [-0.39, 0.29) is 5.69 Å². The van der Waals surface area contributed by atoms with Gasteiger partial charge in [-0.2, -0.15) is 0 Å². The number of hydrogen-bond donors (Lipinski definition) is 1. The first-order valence-electron chi connectivity index (χ1n) is 6.32. The predicted molar refractivity (Wildman–Crippen MR) is 83.2 cm³/mol. The van der Waals surface area contributed by atoms with Gasteiger partial charge in [-0.15, -0.1) is 0 Å². The molecule has 1 N–H and O–H groups in total. The molecule has 0 fully saturated rings. The van der Waals surface area contributed by atoms with E-state index in [1.54, 1.807) is 31.4 Å². The number of nitro benzene ring substituents is 1. The number of rotatable bonds is 5. The molecule has 2 aromatic rings. The molecule has 0 spiro atoms. The predicted octanol–water partition coefficient (Wildman–Crippen LogP) is 4.18. The molecule has 0 radical (unpaired) electrons. The zero-order valence-electron chi connectivity index (χ0n) is 11.7. The molecular formula is C15H15ClN2O3. The van der Waals surface area contributed by atoms with Gasteiger partial charge in [-0.25, -0.2) is 0 Å². The Morgan fingerprint density at radius 3 is 2.67 bits per heavy atom. The quantitative estimate of drug-likeness (QED) is 0.665. The largest absolute Gasteiger partial charge is 0.495 e. The van der Waals surface area contributed by atoms with Gasteiger partial charge in [0.1, 0.15) is 11.4 Å². The van der Waals surface area contributed by atoms with E-state index in [1.165, 1.54) is 6.07 Å². The van der Waals surface area contributed by atoms with Crippen LogP contribution < -0.4 is 10.1 Å². The molecule has 0 heterocycles. The van der Waals surface area contributed by atoms with Crippen molar-refractivity contribution >= 4 is 23.0 Å². The third-order valence-corrected chi connectivity index (χ3v) is 3.34. The summed E-state index contributed by atoms with van der Waals surface area (Å²) in [5.41, 5.74) is 2.42. The highest BCUT2D eigenvalue weighted by Gasteiger charge is 2.13. The van der Waals surface area contributed by atoms with Crippen molar-refractivity contribution in [1.82, 2.24) is 0 Å². The summed E-state index contributed by atoms with van der Waals surface area (Å²) < 4.78 is 5.09. The molecule has 0 aliphatic rings. The van der Waals surface area contributed by atoms with Crippen molar-refractivity contribution in [3.63, 3.8) is 0 Å². The molecule has 0 aliphatic carbocycles. The van der Waals surface area contributed by atoms with E-state index >= 15 is 0 Å². The van der Waals surface area contributed by atoms with Gasteiger partial charge in [0, 0.05) is 12.6 Å². The average molecular weight is 307 g/mol. The third kappa shape index (κ3) is 3.64. The molecule has 0 unspecified atom stereocenters. The highest BCUT2D eigenvalue weighted by molar-refractivity contribution is 6.32. The number of benzene rings is 2. The Balaban J connectivity index is 2.18. The maximum absolute atomic E-state index is 11.0. The minimum Gasteiger partial charge on any atom is -0.495 e. The molecular weight excluding hydrogens is 292 g/mol. The normalized spacial score (nSPS) is 10.2. The van der Waals surface area contributed by atoms with Gasteiger partial charge in [-0.1, -0.05) is 23.7 Å². The zero-order chi connectivity index (χ0) is 15.4. The fourth-order valence-corrected chi connectivity index (χ4v) is 2.25. The van der Waals surface area contributed by atoms with Gasteiger partial charge >= 0.3 is 0 Å². The fourth-order valence-electron chi connectivity index (χ4n) is 1.97. The maximum atomic E-state index is 11.0. The number of halogens is 1. The second kappa shape index (κ2) is 6.45. The number of aryl methyl sites for hydroxylation is 1. The summed E-state index contributed by atoms with van der Waals surface area (Å²) in [4.78, 5) is 10.6. The van der Waals surface area contributed by atoms with Gasteiger partial charge in [0.05, 0.1) is 17.1 Å². The summed E-state index contributed by atoms with van der Waals surface area (Å²) in [5, 5.41) is 14.6. The molecule has 0 aliphatic heterocycles. The Morgan fingerprint density at radius 1 is 1.29 bits per heavy atom. The van der Waals surface area contributed by atoms with Crippen LogP contribution in [-0.2, 0) is 6.54 Å². The lowest BCUT2D eigenvalue weighted by atomic mass is 10.1. The molecule has 0 aromatic heterocycles. The van der Waals surface area contributed by atoms with Gasteiger partial charge in [0.2, 0.25) is 0 Å². The van der Waals surface area contributed by atoms with E-state index in [4.69, 9.17) is 16.3 Å². The zero-order valence-corrected chi connectivity index (χ0v) is 12.5. The van der Waals surface area contributed by atoms with Crippen LogP contribution >= 0.6 is 11.6 Å². The van der Waals surface area contributed by atoms with Crippen LogP contribution in [0.2, 0.25) is 5.02 Å². The first-order chi connectivity index (χ1) is 10.0. The van der Waals surface area contributed by atoms with Crippen molar-refractivity contribution in [3.8, 4) is 5.75 Å². The molecule has 110 valence electrons. The number of hydrogen-bond acceptors (Lipinski definition) is 4. The lowest BCUT2D eigenvalue weighted by Crippen LogP contribution is -2.03. The monoisotopic (exact) mass is 306 g/mol. The summed E-state index contributed by atoms with van der Waals surface area (Å²) in [6, 6.07) is 10.4. The number of nitro groups is 1. The summed E-state index contributed by atoms with van der Waals surface area (Å²) in [5.74, 6) is 0.599. The number of nitrogens with zero attached hydrogens (tertiary/aromatic N) is 1. The molecule has 2 aromatic carbocycles. The van der Waals surface area contributed by atoms with Crippen molar-refractivity contribution < 1.29 is 9.66 Å². The second-order valence-electron chi connectivity index (χ2n) is 4.60. The lowest BCUT2D eigenvalue weighted by Gasteiger charge is -2.10. The van der Waals surface area contributed by atoms with Crippen molar-refractivity contribution in [2.75, 3.05) is 12.4 Å². The van der Waals surface area contributed by atoms with E-state index in [9.17, 15) is 10.1 Å². The first-order valence-corrected chi connectivity index (χ1v) is 6.70. The molecule has 0 saturated heterocycles. The molecule has 0 atom stereocenters. The Morgan fingerprint density at radius 2 is 2.05 bits per heavy atom. The number of ether oxygens (including phenoxy) is 1. The van der Waals surface area contributed by atoms with Crippen LogP contribution in [0.5, 0.6) is 5.75 Å². The maximum Gasteiger partial charge on any atom is 0.292 e. The number of methoxy groups -OCH3 is 1. The van der Waals surface area contributed by atoms with Crippen LogP contribution in [-0.4, -0.2) is 12.0 Å². The van der Waals surface area contributed by atoms with Gasteiger partial charge in [-0.3, -0.25) is 10.1 Å². The van der Waals surface area contributed by atoms with Crippen LogP contribution in [0, 0.1) is 17.0 Å². The van der Waals surface area contributed by atoms with Crippen molar-refractivity contribution in [1.29, 1.82) is 0 Å². The van der Waals surface area contributed by atoms with Gasteiger partial charge in [0.25, 0.3) is 5.69 Å². The average Bonchev–Trinajstić information content (AvgIpc) is 2.45. The Labute approximate surface area is 127 Å². The first kappa shape index (κ1) is 15.1. The highest BCUT2D eigenvalue weighted by Crippen LogP contribution is 2.28. The molecule has 5 nitrogen and oxygen atoms in total. The van der Waals surface area contributed by atoms with E-state index in [0.717, 1.165) is 11.1 Å². The third-order valence-electron chi connectivity index (χ3n) is 3.05. The minimum atomic E-state index is -0.400. The summed E-state index contributed by atoms with van der Waals surface area (Å²) in [6.45, 7) is 2.33. The number of nitrogens with one attached hydrogen (secondary N) is 1. The van der Waals surface area contributed by atoms with Crippen LogP contribution in [0.25, 0.3) is 0 Å². The Kier molecular flexibility index (Phi) is 4.65. The Hall–Kier alpha value is -2.27. The standard InChI is InChI=1S/C15H15ClN2O3/c1-10-3-5-14(18(19)20)13(7-10)17-9-11-4-6-15(21-2)12(16)8-11/h3-8,17H,9H2,1-2H3. The van der Waals surface area contributed by atoms with Gasteiger partial charge in [0.15, 0.2) is 0 Å². The van der Waals surface area contributed by atoms with Crippen molar-refractivity contribution in [2.45, 2.75) is 13.5 Å². The summed E-state index contributed by atoms with van der Waals surface area (Å²) in [7, 11) is 1.55. The van der Waals surface area contributed by atoms with E-state index in [1.807, 2.05) is 13.0 Å². The molecule has 2 rings (SSSR count). The van der Waals surface area contributed by atoms with Gasteiger partial charge < -0.3 is 10.1 Å². The molecule has 0 amide bonds. The smallest absolute Gasteiger partial charge is 0.292 e. The van der Waals surface area contributed by atoms with Crippen LogP contribution in [0.3, 0.4) is 0 Å². The minimum absolute atomic E-state index is 0.0557. The highest BCUT2D eigenvalue weighted by atomic mass is 35.5. The topological polar surface area (TPSA) is 64.4 Å². The fraction of sp³-hybridized carbons (Fsp3) is 0.200. The van der Waals surface area contributed by atoms with Crippen LogP contribution in [0.15, 0.2) is 36.4 Å². The summed E-state index contributed by atoms with van der Waals surface area (Å²) >= 11 is 6.06.